The molecule has 6 heteroatoms. The molecule has 2 atom stereocenters. The number of Topliss-reactive ketones (excluding diaryl/α,β-unsaturated/α-hetero) is 2. The van der Waals surface area contributed by atoms with E-state index in [1.165, 1.54) is 141 Å². The van der Waals surface area contributed by atoms with E-state index in [4.69, 9.17) is 4.74 Å². The van der Waals surface area contributed by atoms with Crippen LogP contribution in [0, 0.1) is 0 Å². The standard InChI is InChI=1S/C41H78O6/c1-4-7-9-11-13-15-17-19-21-23-25-27-29-31-33-35-37(42)39(44)41(40(45)46,47-6-3)38(43)36-34-32-30-28-26-24-22-20-18-16-14-12-10-8-5-2/h39,44H,4-36H2,1-3H3,(H,45,46). The van der Waals surface area contributed by atoms with Crippen molar-refractivity contribution in [1.29, 1.82) is 0 Å². The molecule has 2 unspecified atom stereocenters. The van der Waals surface area contributed by atoms with Crippen LogP contribution in [0.15, 0.2) is 0 Å². The van der Waals surface area contributed by atoms with E-state index >= 15 is 0 Å². The molecule has 0 aromatic rings. The van der Waals surface area contributed by atoms with Crippen molar-refractivity contribution in [3.05, 3.63) is 0 Å². The molecule has 0 heterocycles. The first-order valence-corrected chi connectivity index (χ1v) is 20.5. The Kier molecular flexibility index (Phi) is 32.3. The maximum absolute atomic E-state index is 13.2. The first-order valence-electron chi connectivity index (χ1n) is 20.5. The van der Waals surface area contributed by atoms with E-state index < -0.39 is 29.2 Å². The van der Waals surface area contributed by atoms with Gasteiger partial charge in [0.15, 0.2) is 17.7 Å². The monoisotopic (exact) mass is 667 g/mol. The second kappa shape index (κ2) is 33.2. The van der Waals surface area contributed by atoms with Crippen LogP contribution in [0.4, 0.5) is 0 Å². The highest BCUT2D eigenvalue weighted by atomic mass is 16.5. The largest absolute Gasteiger partial charge is 0.479 e. The van der Waals surface area contributed by atoms with Crippen molar-refractivity contribution in [2.45, 2.75) is 238 Å². The smallest absolute Gasteiger partial charge is 0.347 e. The van der Waals surface area contributed by atoms with Crippen LogP contribution in [-0.4, -0.2) is 46.1 Å². The Bertz CT molecular complexity index is 737. The van der Waals surface area contributed by atoms with Crippen LogP contribution < -0.4 is 0 Å². The lowest BCUT2D eigenvalue weighted by Gasteiger charge is -2.31. The quantitative estimate of drug-likeness (QED) is 0.0502. The van der Waals surface area contributed by atoms with Crippen molar-refractivity contribution in [2.75, 3.05) is 6.61 Å². The fourth-order valence-corrected chi connectivity index (χ4v) is 6.71. The van der Waals surface area contributed by atoms with Gasteiger partial charge in [0, 0.05) is 19.4 Å². The van der Waals surface area contributed by atoms with Crippen molar-refractivity contribution >= 4 is 17.5 Å². The highest BCUT2D eigenvalue weighted by Crippen LogP contribution is 2.25. The number of hydrogen-bond donors (Lipinski definition) is 2. The molecule has 0 fully saturated rings. The number of aliphatic hydroxyl groups excluding tert-OH is 1. The summed E-state index contributed by atoms with van der Waals surface area (Å²) >= 11 is 0. The van der Waals surface area contributed by atoms with Gasteiger partial charge in [-0.05, 0) is 19.8 Å². The number of carbonyl (C=O) groups excluding carboxylic acids is 2. The predicted octanol–water partition coefficient (Wildman–Crippen LogP) is 11.9. The minimum absolute atomic E-state index is 0.00610. The van der Waals surface area contributed by atoms with E-state index in [1.807, 2.05) is 0 Å². The second-order valence-electron chi connectivity index (χ2n) is 14.2. The summed E-state index contributed by atoms with van der Waals surface area (Å²) in [6, 6.07) is 0. The molecule has 6 nitrogen and oxygen atoms in total. The summed E-state index contributed by atoms with van der Waals surface area (Å²) in [5, 5.41) is 20.9. The molecule has 0 aliphatic heterocycles. The summed E-state index contributed by atoms with van der Waals surface area (Å²) < 4.78 is 5.42. The van der Waals surface area contributed by atoms with Crippen molar-refractivity contribution in [3.63, 3.8) is 0 Å². The van der Waals surface area contributed by atoms with Gasteiger partial charge in [0.1, 0.15) is 0 Å². The number of rotatable bonds is 38. The van der Waals surface area contributed by atoms with Crippen LogP contribution in [0.1, 0.15) is 226 Å². The first-order chi connectivity index (χ1) is 22.9. The number of ketones is 2. The lowest BCUT2D eigenvalue weighted by atomic mass is 9.84. The van der Waals surface area contributed by atoms with E-state index in [-0.39, 0.29) is 19.4 Å². The molecular weight excluding hydrogens is 588 g/mol. The number of carboxylic acid groups (broad SMARTS) is 1. The minimum atomic E-state index is -2.50. The van der Waals surface area contributed by atoms with E-state index in [9.17, 15) is 24.6 Å². The third kappa shape index (κ3) is 23.7. The SMILES string of the molecule is CCCCCCCCCCCCCCCCCC(=O)C(O)C(OCC)(C(=O)O)C(=O)CCCCCCCCCCCCCCCCC. The zero-order valence-electron chi connectivity index (χ0n) is 31.4. The molecule has 0 aliphatic rings. The van der Waals surface area contributed by atoms with E-state index in [0.29, 0.717) is 12.8 Å². The number of carboxylic acids is 1. The Morgan fingerprint density at radius 2 is 0.745 bits per heavy atom. The molecule has 0 saturated heterocycles. The zero-order chi connectivity index (χ0) is 34.9. The molecule has 0 aromatic carbocycles. The summed E-state index contributed by atoms with van der Waals surface area (Å²) in [5.74, 6) is -2.87. The summed E-state index contributed by atoms with van der Waals surface area (Å²) in [6.45, 7) is 6.03. The van der Waals surface area contributed by atoms with Gasteiger partial charge in [0.05, 0.1) is 0 Å². The van der Waals surface area contributed by atoms with Crippen molar-refractivity contribution < 1.29 is 29.3 Å². The van der Waals surface area contributed by atoms with Gasteiger partial charge < -0.3 is 14.9 Å². The number of hydrogen-bond acceptors (Lipinski definition) is 5. The summed E-state index contributed by atoms with van der Waals surface area (Å²) in [6.07, 6.45) is 34.3. The Labute approximate surface area is 291 Å². The molecule has 278 valence electrons. The number of carbonyl (C=O) groups is 3. The predicted molar refractivity (Wildman–Crippen MR) is 197 cm³/mol. The molecule has 0 aliphatic carbocycles. The molecule has 0 bridgehead atoms. The van der Waals surface area contributed by atoms with Crippen LogP contribution in [0.5, 0.6) is 0 Å². The maximum Gasteiger partial charge on any atom is 0.347 e. The van der Waals surface area contributed by atoms with Gasteiger partial charge in [-0.15, -0.1) is 0 Å². The summed E-state index contributed by atoms with van der Waals surface area (Å²) in [7, 11) is 0. The van der Waals surface area contributed by atoms with Crippen LogP contribution in [-0.2, 0) is 19.1 Å². The van der Waals surface area contributed by atoms with Crippen molar-refractivity contribution in [3.8, 4) is 0 Å². The second-order valence-corrected chi connectivity index (χ2v) is 14.2. The lowest BCUT2D eigenvalue weighted by molar-refractivity contribution is -0.189. The first kappa shape index (κ1) is 45.7. The molecule has 0 radical (unpaired) electrons. The Morgan fingerprint density at radius 1 is 0.468 bits per heavy atom. The Morgan fingerprint density at radius 3 is 1.02 bits per heavy atom. The molecular formula is C41H78O6. The third-order valence-corrected chi connectivity index (χ3v) is 9.83. The van der Waals surface area contributed by atoms with Gasteiger partial charge in [-0.2, -0.15) is 0 Å². The highest BCUT2D eigenvalue weighted by molar-refractivity contribution is 6.11. The normalized spacial score (nSPS) is 13.4. The molecule has 0 rings (SSSR count). The highest BCUT2D eigenvalue weighted by Gasteiger charge is 2.55. The van der Waals surface area contributed by atoms with Gasteiger partial charge in [-0.25, -0.2) is 4.79 Å². The maximum atomic E-state index is 13.2. The topological polar surface area (TPSA) is 101 Å². The zero-order valence-corrected chi connectivity index (χ0v) is 31.4. The molecule has 47 heavy (non-hydrogen) atoms. The van der Waals surface area contributed by atoms with Gasteiger partial charge in [-0.1, -0.05) is 194 Å². The Hall–Kier alpha value is -1.27. The summed E-state index contributed by atoms with van der Waals surface area (Å²) in [4.78, 5) is 38.4. The average Bonchev–Trinajstić information content (AvgIpc) is 3.06. The van der Waals surface area contributed by atoms with Gasteiger partial charge in [0.25, 0.3) is 5.60 Å². The van der Waals surface area contributed by atoms with E-state index in [2.05, 4.69) is 13.8 Å². The van der Waals surface area contributed by atoms with Crippen molar-refractivity contribution in [1.82, 2.24) is 0 Å². The molecule has 0 saturated carbocycles. The van der Waals surface area contributed by atoms with E-state index in [0.717, 1.165) is 38.5 Å². The lowest BCUT2D eigenvalue weighted by Crippen LogP contribution is -2.60. The van der Waals surface area contributed by atoms with Gasteiger partial charge >= 0.3 is 5.97 Å². The molecule has 0 aromatic heterocycles. The Balaban J connectivity index is 4.17. The fraction of sp³-hybridized carbons (Fsp3) is 0.927. The molecule has 0 spiro atoms. The third-order valence-electron chi connectivity index (χ3n) is 9.83. The van der Waals surface area contributed by atoms with Crippen LogP contribution in [0.25, 0.3) is 0 Å². The molecule has 2 N–H and O–H groups in total. The molecule has 0 amide bonds. The minimum Gasteiger partial charge on any atom is -0.479 e. The van der Waals surface area contributed by atoms with Gasteiger partial charge in [0.2, 0.25) is 0 Å². The van der Waals surface area contributed by atoms with Crippen LogP contribution >= 0.6 is 0 Å². The van der Waals surface area contributed by atoms with Crippen LogP contribution in [0.3, 0.4) is 0 Å². The fourth-order valence-electron chi connectivity index (χ4n) is 6.71. The van der Waals surface area contributed by atoms with Crippen LogP contribution in [0.2, 0.25) is 0 Å². The summed E-state index contributed by atoms with van der Waals surface area (Å²) in [5.41, 5.74) is -2.50. The van der Waals surface area contributed by atoms with E-state index in [1.54, 1.807) is 6.92 Å². The number of unbranched alkanes of at least 4 members (excludes halogenated alkanes) is 28. The average molecular weight is 667 g/mol. The van der Waals surface area contributed by atoms with Crippen molar-refractivity contribution in [2.24, 2.45) is 0 Å². The van der Waals surface area contributed by atoms with Gasteiger partial charge in [-0.3, -0.25) is 9.59 Å². The number of aliphatic hydroxyl groups is 1. The number of aliphatic carboxylic acids is 1. The number of ether oxygens (including phenoxy) is 1.